The summed E-state index contributed by atoms with van der Waals surface area (Å²) in [6.07, 6.45) is 12.5. The van der Waals surface area contributed by atoms with Crippen molar-refractivity contribution in [3.05, 3.63) is 57.1 Å². The minimum atomic E-state index is -1.18. The zero-order chi connectivity index (χ0) is 19.2. The first-order chi connectivity index (χ1) is 12.7. The van der Waals surface area contributed by atoms with E-state index in [4.69, 9.17) is 0 Å². The van der Waals surface area contributed by atoms with Gasteiger partial charge in [-0.25, -0.2) is 4.21 Å². The number of benzene rings is 1. The molecular formula is C23H28BrNOS. The Labute approximate surface area is 174 Å². The molecule has 2 atom stereocenters. The molecule has 1 aromatic rings. The number of allylic oxidation sites excluding steroid dienone is 4. The molecule has 4 heteroatoms. The van der Waals surface area contributed by atoms with Crippen LogP contribution in [0.5, 0.6) is 0 Å². The summed E-state index contributed by atoms with van der Waals surface area (Å²) < 4.78 is 17.8. The molecule has 0 bridgehead atoms. The van der Waals surface area contributed by atoms with Crippen molar-refractivity contribution in [2.45, 2.75) is 70.5 Å². The van der Waals surface area contributed by atoms with E-state index in [2.05, 4.69) is 50.7 Å². The Bertz CT molecular complexity index is 890. The largest absolute Gasteiger partial charge is 0.234 e. The van der Waals surface area contributed by atoms with E-state index in [0.29, 0.717) is 5.41 Å². The lowest BCUT2D eigenvalue weighted by Gasteiger charge is -2.27. The predicted octanol–water partition coefficient (Wildman–Crippen LogP) is 6.27. The van der Waals surface area contributed by atoms with Crippen LogP contribution < -0.4 is 0 Å². The van der Waals surface area contributed by atoms with Gasteiger partial charge in [-0.1, -0.05) is 33.6 Å². The fourth-order valence-electron chi connectivity index (χ4n) is 4.62. The maximum absolute atomic E-state index is 12.4. The standard InChI is InChI=1S/C23H28BrNOS/c1-22(2,3)27(26)25-21-7-5-16-8-10-23(11-9-17(16)13-21)14-18-4-6-20(24)12-19(18)15-23/h4-7,12H,8-11,13-15H2,1-3H3. The van der Waals surface area contributed by atoms with E-state index in [1.807, 2.05) is 20.8 Å². The van der Waals surface area contributed by atoms with E-state index in [-0.39, 0.29) is 4.75 Å². The van der Waals surface area contributed by atoms with Gasteiger partial charge in [0.15, 0.2) is 0 Å². The van der Waals surface area contributed by atoms with Crippen LogP contribution >= 0.6 is 15.9 Å². The number of fused-ring (bicyclic) bond motifs is 1. The summed E-state index contributed by atoms with van der Waals surface area (Å²) >= 11 is 3.63. The zero-order valence-electron chi connectivity index (χ0n) is 16.5. The van der Waals surface area contributed by atoms with Crippen molar-refractivity contribution in [3.8, 4) is 0 Å². The lowest BCUT2D eigenvalue weighted by atomic mass is 9.77. The van der Waals surface area contributed by atoms with Crippen LogP contribution in [0, 0.1) is 5.41 Å². The van der Waals surface area contributed by atoms with Crippen molar-refractivity contribution in [1.82, 2.24) is 0 Å². The van der Waals surface area contributed by atoms with Gasteiger partial charge in [-0.3, -0.25) is 0 Å². The van der Waals surface area contributed by atoms with E-state index in [0.717, 1.165) is 25.0 Å². The number of hydrogen-bond donors (Lipinski definition) is 0. The molecule has 0 saturated heterocycles. The molecule has 0 heterocycles. The fourth-order valence-corrected chi connectivity index (χ4v) is 5.64. The second kappa shape index (κ2) is 7.11. The molecule has 0 N–H and O–H groups in total. The first kappa shape index (κ1) is 19.3. The molecule has 27 heavy (non-hydrogen) atoms. The van der Waals surface area contributed by atoms with Crippen LogP contribution in [0.3, 0.4) is 0 Å². The molecule has 2 nitrogen and oxygen atoms in total. The highest BCUT2D eigenvalue weighted by Crippen LogP contribution is 2.48. The van der Waals surface area contributed by atoms with E-state index in [9.17, 15) is 4.21 Å². The Morgan fingerprint density at radius 1 is 1.07 bits per heavy atom. The minimum Gasteiger partial charge on any atom is -0.234 e. The van der Waals surface area contributed by atoms with Gasteiger partial charge in [-0.15, -0.1) is 0 Å². The van der Waals surface area contributed by atoms with Crippen molar-refractivity contribution in [2.75, 3.05) is 0 Å². The Morgan fingerprint density at radius 2 is 1.81 bits per heavy atom. The summed E-state index contributed by atoms with van der Waals surface area (Å²) in [5, 5.41) is 0. The summed E-state index contributed by atoms with van der Waals surface area (Å²) in [6, 6.07) is 6.80. The molecular weight excluding hydrogens is 418 g/mol. The first-order valence-corrected chi connectivity index (χ1v) is 11.8. The molecule has 3 aliphatic carbocycles. The highest BCUT2D eigenvalue weighted by atomic mass is 79.9. The van der Waals surface area contributed by atoms with Crippen molar-refractivity contribution in [3.63, 3.8) is 0 Å². The van der Waals surface area contributed by atoms with Crippen LogP contribution in [-0.4, -0.2) is 14.7 Å². The van der Waals surface area contributed by atoms with Gasteiger partial charge in [0.25, 0.3) is 0 Å². The maximum atomic E-state index is 12.4. The molecule has 1 aromatic carbocycles. The quantitative estimate of drug-likeness (QED) is 0.500. The van der Waals surface area contributed by atoms with Crippen LogP contribution in [0.15, 0.2) is 50.4 Å². The third-order valence-electron chi connectivity index (χ3n) is 6.23. The zero-order valence-corrected chi connectivity index (χ0v) is 18.9. The average molecular weight is 446 g/mol. The Balaban J connectivity index is 1.48. The van der Waals surface area contributed by atoms with Crippen LogP contribution in [0.25, 0.3) is 0 Å². The van der Waals surface area contributed by atoms with Crippen molar-refractivity contribution in [2.24, 2.45) is 9.81 Å². The Kier molecular flexibility index (Phi) is 5.09. The third kappa shape index (κ3) is 4.07. The molecule has 4 rings (SSSR count). The molecule has 0 amide bonds. The third-order valence-corrected chi connectivity index (χ3v) is 8.17. The minimum absolute atomic E-state index is 0.299. The summed E-state index contributed by atoms with van der Waals surface area (Å²) in [4.78, 5) is 0. The fraction of sp³-hybridized carbons (Fsp3) is 0.522. The van der Waals surface area contributed by atoms with Crippen LogP contribution in [0.4, 0.5) is 0 Å². The monoisotopic (exact) mass is 445 g/mol. The lowest BCUT2D eigenvalue weighted by molar-refractivity contribution is 0.262. The van der Waals surface area contributed by atoms with Crippen LogP contribution in [0.1, 0.15) is 64.0 Å². The van der Waals surface area contributed by atoms with Crippen LogP contribution in [0.2, 0.25) is 0 Å². The molecule has 144 valence electrons. The molecule has 0 saturated carbocycles. The topological polar surface area (TPSA) is 29.4 Å². The highest BCUT2D eigenvalue weighted by Gasteiger charge is 2.38. The molecule has 1 spiro atoms. The second-order valence-corrected chi connectivity index (χ2v) is 12.2. The second-order valence-electron chi connectivity index (χ2n) is 9.35. The summed E-state index contributed by atoms with van der Waals surface area (Å²) in [6.45, 7) is 5.95. The van der Waals surface area contributed by atoms with Gasteiger partial charge in [0.2, 0.25) is 0 Å². The maximum Gasteiger partial charge on any atom is 0.145 e. The summed E-state index contributed by atoms with van der Waals surface area (Å²) in [7, 11) is -1.18. The van der Waals surface area contributed by atoms with E-state index < -0.39 is 11.0 Å². The first-order valence-electron chi connectivity index (χ1n) is 9.90. The van der Waals surface area contributed by atoms with Gasteiger partial charge in [0, 0.05) is 10.9 Å². The van der Waals surface area contributed by atoms with Crippen molar-refractivity contribution >= 4 is 32.6 Å². The molecule has 0 fully saturated rings. The molecule has 3 aliphatic rings. The molecule has 0 aliphatic heterocycles. The van der Waals surface area contributed by atoms with Gasteiger partial charge in [-0.2, -0.15) is 4.40 Å². The van der Waals surface area contributed by atoms with Crippen LogP contribution in [-0.2, 0) is 23.8 Å². The lowest BCUT2D eigenvalue weighted by Crippen LogP contribution is -2.21. The predicted molar refractivity (Wildman–Crippen MR) is 119 cm³/mol. The van der Waals surface area contributed by atoms with E-state index in [1.54, 1.807) is 0 Å². The summed E-state index contributed by atoms with van der Waals surface area (Å²) in [5.41, 5.74) is 7.50. The smallest absolute Gasteiger partial charge is 0.145 e. The number of halogens is 1. The van der Waals surface area contributed by atoms with Gasteiger partial charge < -0.3 is 0 Å². The SMILES string of the molecule is CC(C)(C)S(=O)N=C1C=CC2=C(CCC3(CC2)Cc2ccc(Br)cc2C3)C1. The number of hydrogen-bond acceptors (Lipinski definition) is 1. The van der Waals surface area contributed by atoms with Gasteiger partial charge in [0.1, 0.15) is 11.0 Å². The van der Waals surface area contributed by atoms with Gasteiger partial charge >= 0.3 is 0 Å². The van der Waals surface area contributed by atoms with Crippen molar-refractivity contribution in [1.29, 1.82) is 0 Å². The Morgan fingerprint density at radius 3 is 2.59 bits per heavy atom. The van der Waals surface area contributed by atoms with Gasteiger partial charge in [0.05, 0.1) is 10.5 Å². The average Bonchev–Trinajstić information content (AvgIpc) is 2.86. The number of rotatable bonds is 1. The highest BCUT2D eigenvalue weighted by molar-refractivity contribution is 9.10. The molecule has 0 aromatic heterocycles. The van der Waals surface area contributed by atoms with E-state index >= 15 is 0 Å². The Hall–Kier alpha value is -1.00. The molecule has 0 radical (unpaired) electrons. The number of nitrogens with zero attached hydrogens (tertiary/aromatic N) is 1. The van der Waals surface area contributed by atoms with Gasteiger partial charge in [-0.05, 0) is 99.6 Å². The summed E-state index contributed by atoms with van der Waals surface area (Å²) in [5.74, 6) is 0. The van der Waals surface area contributed by atoms with E-state index in [1.165, 1.54) is 52.4 Å². The normalized spacial score (nSPS) is 27.6. The molecule has 2 unspecified atom stereocenters. The van der Waals surface area contributed by atoms with Crippen molar-refractivity contribution < 1.29 is 4.21 Å².